The Balaban J connectivity index is 2.38. The summed E-state index contributed by atoms with van der Waals surface area (Å²) in [5.74, 6) is 0.905. The first-order valence-electron chi connectivity index (χ1n) is 6.41. The molecule has 4 nitrogen and oxygen atoms in total. The van der Waals surface area contributed by atoms with E-state index in [1.165, 1.54) is 0 Å². The van der Waals surface area contributed by atoms with E-state index in [0.717, 1.165) is 22.4 Å². The number of hydrogen-bond donors (Lipinski definition) is 1. The number of nitrogens with zero attached hydrogens (tertiary/aromatic N) is 3. The minimum Gasteiger partial charge on any atom is -0.399 e. The number of anilines is 2. The Hall–Kier alpha value is -2.28. The van der Waals surface area contributed by atoms with Crippen molar-refractivity contribution in [3.05, 3.63) is 30.3 Å². The zero-order chi connectivity index (χ0) is 13.8. The normalized spacial score (nSPS) is 10.6. The molecule has 1 heterocycles. The third kappa shape index (κ3) is 2.94. The number of benzene rings is 1. The highest BCUT2D eigenvalue weighted by Crippen LogP contribution is 2.21. The van der Waals surface area contributed by atoms with Crippen LogP contribution in [0.15, 0.2) is 30.3 Å². The molecule has 0 aliphatic carbocycles. The van der Waals surface area contributed by atoms with Crippen LogP contribution in [0.5, 0.6) is 0 Å². The van der Waals surface area contributed by atoms with E-state index in [-0.39, 0.29) is 0 Å². The summed E-state index contributed by atoms with van der Waals surface area (Å²) in [6, 6.07) is 12.2. The Labute approximate surface area is 113 Å². The van der Waals surface area contributed by atoms with Gasteiger partial charge in [0.25, 0.3) is 0 Å². The maximum Gasteiger partial charge on any atom is 0.129 e. The summed E-state index contributed by atoms with van der Waals surface area (Å²) in [6.45, 7) is 4.90. The average Bonchev–Trinajstić information content (AvgIpc) is 2.39. The van der Waals surface area contributed by atoms with Crippen LogP contribution in [0.1, 0.15) is 20.3 Å². The summed E-state index contributed by atoms with van der Waals surface area (Å²) in [5, 5.41) is 9.77. The first-order valence-corrected chi connectivity index (χ1v) is 6.41. The highest BCUT2D eigenvalue weighted by molar-refractivity contribution is 5.83. The Kier molecular flexibility index (Phi) is 3.86. The van der Waals surface area contributed by atoms with Gasteiger partial charge in [-0.1, -0.05) is 0 Å². The van der Waals surface area contributed by atoms with Crippen LogP contribution in [-0.2, 0) is 0 Å². The van der Waals surface area contributed by atoms with Crippen molar-refractivity contribution in [1.29, 1.82) is 5.26 Å². The molecule has 0 atom stereocenters. The lowest BCUT2D eigenvalue weighted by atomic mass is 10.2. The molecule has 0 radical (unpaired) electrons. The number of nitrogens with two attached hydrogens (primary N) is 1. The zero-order valence-electron chi connectivity index (χ0n) is 11.3. The molecule has 0 saturated heterocycles. The fourth-order valence-electron chi connectivity index (χ4n) is 2.10. The summed E-state index contributed by atoms with van der Waals surface area (Å²) in [6.07, 6.45) is 0.500. The number of pyridine rings is 1. The predicted octanol–water partition coefficient (Wildman–Crippen LogP) is 2.95. The molecule has 19 heavy (non-hydrogen) atoms. The van der Waals surface area contributed by atoms with E-state index >= 15 is 0 Å². The molecule has 2 rings (SSSR count). The molecule has 1 aromatic heterocycles. The molecule has 0 fully saturated rings. The largest absolute Gasteiger partial charge is 0.399 e. The monoisotopic (exact) mass is 254 g/mol. The van der Waals surface area contributed by atoms with Gasteiger partial charge in [0, 0.05) is 23.7 Å². The van der Waals surface area contributed by atoms with E-state index in [1.807, 2.05) is 30.3 Å². The molecule has 0 saturated carbocycles. The molecular weight excluding hydrogens is 236 g/mol. The average molecular weight is 254 g/mol. The Morgan fingerprint density at radius 3 is 2.79 bits per heavy atom. The predicted molar refractivity (Wildman–Crippen MR) is 78.9 cm³/mol. The maximum absolute atomic E-state index is 8.74. The lowest BCUT2D eigenvalue weighted by molar-refractivity contribution is 0.678. The van der Waals surface area contributed by atoms with Crippen molar-refractivity contribution < 1.29 is 0 Å². The minimum absolute atomic E-state index is 0.312. The van der Waals surface area contributed by atoms with Crippen LogP contribution >= 0.6 is 0 Å². The molecule has 0 aliphatic rings. The van der Waals surface area contributed by atoms with Crippen molar-refractivity contribution in [2.75, 3.05) is 17.2 Å². The smallest absolute Gasteiger partial charge is 0.129 e. The van der Waals surface area contributed by atoms with Gasteiger partial charge in [-0.05, 0) is 44.2 Å². The SMILES string of the molecule is CC(C)N(CCC#N)c1ccc2cc(N)ccc2n1. The summed E-state index contributed by atoms with van der Waals surface area (Å²) < 4.78 is 0. The second-order valence-electron chi connectivity index (χ2n) is 4.82. The van der Waals surface area contributed by atoms with Gasteiger partial charge in [-0.3, -0.25) is 0 Å². The molecule has 0 aliphatic heterocycles. The van der Waals surface area contributed by atoms with Gasteiger partial charge in [0.2, 0.25) is 0 Å². The molecule has 4 heteroatoms. The molecule has 1 aromatic carbocycles. The molecule has 98 valence electrons. The standard InChI is InChI=1S/C15H18N4/c1-11(2)19(9-3-8-16)15-7-4-12-10-13(17)5-6-14(12)18-15/h4-7,10-11H,3,9,17H2,1-2H3. The third-order valence-corrected chi connectivity index (χ3v) is 3.08. The molecule has 0 amide bonds. The number of fused-ring (bicyclic) bond motifs is 1. The van der Waals surface area contributed by atoms with E-state index in [9.17, 15) is 0 Å². The van der Waals surface area contributed by atoms with E-state index in [4.69, 9.17) is 11.0 Å². The van der Waals surface area contributed by atoms with Crippen molar-refractivity contribution in [3.8, 4) is 6.07 Å². The van der Waals surface area contributed by atoms with Gasteiger partial charge in [-0.25, -0.2) is 4.98 Å². The van der Waals surface area contributed by atoms with Gasteiger partial charge >= 0.3 is 0 Å². The first-order chi connectivity index (χ1) is 9.11. The fourth-order valence-corrected chi connectivity index (χ4v) is 2.10. The van der Waals surface area contributed by atoms with Crippen molar-refractivity contribution in [3.63, 3.8) is 0 Å². The molecule has 0 unspecified atom stereocenters. The summed E-state index contributed by atoms with van der Waals surface area (Å²) in [5.41, 5.74) is 7.43. The van der Waals surface area contributed by atoms with Crippen LogP contribution in [0.3, 0.4) is 0 Å². The number of nitrogen functional groups attached to an aromatic ring is 1. The minimum atomic E-state index is 0.312. The van der Waals surface area contributed by atoms with Crippen LogP contribution in [-0.4, -0.2) is 17.6 Å². The number of hydrogen-bond acceptors (Lipinski definition) is 4. The van der Waals surface area contributed by atoms with Crippen LogP contribution in [0.2, 0.25) is 0 Å². The van der Waals surface area contributed by atoms with Crippen LogP contribution in [0.4, 0.5) is 11.5 Å². The first kappa shape index (κ1) is 13.2. The van der Waals surface area contributed by atoms with Crippen molar-refractivity contribution in [2.24, 2.45) is 0 Å². The van der Waals surface area contributed by atoms with E-state index in [1.54, 1.807) is 0 Å². The molecule has 2 N–H and O–H groups in total. The van der Waals surface area contributed by atoms with Gasteiger partial charge in [0.05, 0.1) is 18.0 Å². The lowest BCUT2D eigenvalue weighted by Gasteiger charge is -2.27. The maximum atomic E-state index is 8.74. The topological polar surface area (TPSA) is 65.9 Å². The summed E-state index contributed by atoms with van der Waals surface area (Å²) >= 11 is 0. The van der Waals surface area contributed by atoms with Gasteiger partial charge < -0.3 is 10.6 Å². The van der Waals surface area contributed by atoms with Crippen LogP contribution < -0.4 is 10.6 Å². The molecular formula is C15H18N4. The van der Waals surface area contributed by atoms with E-state index < -0.39 is 0 Å². The quantitative estimate of drug-likeness (QED) is 0.852. The van der Waals surface area contributed by atoms with Gasteiger partial charge in [-0.2, -0.15) is 5.26 Å². The summed E-state index contributed by atoms with van der Waals surface area (Å²) in [4.78, 5) is 6.79. The second-order valence-corrected chi connectivity index (χ2v) is 4.82. The lowest BCUT2D eigenvalue weighted by Crippen LogP contribution is -2.32. The number of aromatic nitrogens is 1. The molecule has 0 bridgehead atoms. The number of rotatable bonds is 4. The van der Waals surface area contributed by atoms with Crippen LogP contribution in [0, 0.1) is 11.3 Å². The molecule has 0 spiro atoms. The van der Waals surface area contributed by atoms with E-state index in [0.29, 0.717) is 19.0 Å². The Morgan fingerprint density at radius 1 is 1.32 bits per heavy atom. The third-order valence-electron chi connectivity index (χ3n) is 3.08. The molecule has 2 aromatic rings. The summed E-state index contributed by atoms with van der Waals surface area (Å²) in [7, 11) is 0. The Bertz CT molecular complexity index is 613. The van der Waals surface area contributed by atoms with Crippen molar-refractivity contribution >= 4 is 22.4 Å². The van der Waals surface area contributed by atoms with Crippen molar-refractivity contribution in [2.45, 2.75) is 26.3 Å². The highest BCUT2D eigenvalue weighted by atomic mass is 15.2. The highest BCUT2D eigenvalue weighted by Gasteiger charge is 2.12. The van der Waals surface area contributed by atoms with E-state index in [2.05, 4.69) is 29.8 Å². The zero-order valence-corrected chi connectivity index (χ0v) is 11.3. The van der Waals surface area contributed by atoms with Gasteiger partial charge in [0.15, 0.2) is 0 Å². The Morgan fingerprint density at radius 2 is 2.11 bits per heavy atom. The van der Waals surface area contributed by atoms with Gasteiger partial charge in [0.1, 0.15) is 5.82 Å². The van der Waals surface area contributed by atoms with Crippen molar-refractivity contribution in [1.82, 2.24) is 4.98 Å². The fraction of sp³-hybridized carbons (Fsp3) is 0.333. The van der Waals surface area contributed by atoms with Crippen LogP contribution in [0.25, 0.3) is 10.9 Å². The second kappa shape index (κ2) is 5.57. The van der Waals surface area contributed by atoms with Gasteiger partial charge in [-0.15, -0.1) is 0 Å². The number of nitriles is 1.